The Hall–Kier alpha value is -0.480. The second-order valence-electron chi connectivity index (χ2n) is 5.35. The molecule has 1 saturated carbocycles. The highest BCUT2D eigenvalue weighted by atomic mass is 79.9. The van der Waals surface area contributed by atoms with E-state index in [4.69, 9.17) is 0 Å². The Labute approximate surface area is 121 Å². The zero-order valence-corrected chi connectivity index (χ0v) is 12.4. The molecule has 1 aliphatic carbocycles. The van der Waals surface area contributed by atoms with E-state index in [9.17, 15) is 13.9 Å². The lowest BCUT2D eigenvalue weighted by molar-refractivity contribution is 0.142. The summed E-state index contributed by atoms with van der Waals surface area (Å²) < 4.78 is 27.7. The van der Waals surface area contributed by atoms with Crippen LogP contribution >= 0.6 is 15.9 Å². The van der Waals surface area contributed by atoms with Gasteiger partial charge in [0, 0.05) is 0 Å². The number of hydrogen-bond acceptors (Lipinski definition) is 1. The van der Waals surface area contributed by atoms with E-state index in [1.165, 1.54) is 44.2 Å². The third-order valence-electron chi connectivity index (χ3n) is 3.99. The molecule has 4 heteroatoms. The third-order valence-corrected chi connectivity index (χ3v) is 4.60. The van der Waals surface area contributed by atoms with Gasteiger partial charge in [-0.15, -0.1) is 0 Å². The molecule has 1 aromatic carbocycles. The van der Waals surface area contributed by atoms with Gasteiger partial charge in [0.25, 0.3) is 0 Å². The predicted octanol–water partition coefficient (Wildman–Crippen LogP) is 5.12. The van der Waals surface area contributed by atoms with E-state index >= 15 is 0 Å². The summed E-state index contributed by atoms with van der Waals surface area (Å²) in [5, 5.41) is 10.0. The molecule has 1 nitrogen and oxygen atoms in total. The summed E-state index contributed by atoms with van der Waals surface area (Å²) in [5.74, 6) is -0.755. The van der Waals surface area contributed by atoms with Crippen LogP contribution in [-0.2, 0) is 0 Å². The summed E-state index contributed by atoms with van der Waals surface area (Å²) >= 11 is 3.02. The molecule has 0 bridgehead atoms. The van der Waals surface area contributed by atoms with Crippen LogP contribution in [0.25, 0.3) is 0 Å². The van der Waals surface area contributed by atoms with Gasteiger partial charge in [-0.2, -0.15) is 0 Å². The Morgan fingerprint density at radius 3 is 2.58 bits per heavy atom. The van der Waals surface area contributed by atoms with Crippen molar-refractivity contribution in [1.29, 1.82) is 0 Å². The molecule has 1 aromatic rings. The Morgan fingerprint density at radius 2 is 1.89 bits per heavy atom. The minimum Gasteiger partial charge on any atom is -0.388 e. The maximum atomic E-state index is 13.8. The lowest BCUT2D eigenvalue weighted by atomic mass is 9.85. The molecular formula is C15H19BrF2O. The molecule has 0 saturated heterocycles. The van der Waals surface area contributed by atoms with Crippen molar-refractivity contribution in [2.75, 3.05) is 0 Å². The zero-order valence-electron chi connectivity index (χ0n) is 10.8. The lowest BCUT2D eigenvalue weighted by Crippen LogP contribution is -2.10. The van der Waals surface area contributed by atoms with Crippen LogP contribution in [0.15, 0.2) is 16.6 Å². The molecule has 1 fully saturated rings. The van der Waals surface area contributed by atoms with E-state index in [1.807, 2.05) is 0 Å². The van der Waals surface area contributed by atoms with Gasteiger partial charge in [0.2, 0.25) is 0 Å². The maximum absolute atomic E-state index is 13.8. The van der Waals surface area contributed by atoms with Crippen LogP contribution in [0.5, 0.6) is 0 Å². The van der Waals surface area contributed by atoms with Crippen LogP contribution in [0, 0.1) is 17.6 Å². The van der Waals surface area contributed by atoms with E-state index in [0.29, 0.717) is 12.3 Å². The van der Waals surface area contributed by atoms with Crippen LogP contribution in [0.3, 0.4) is 0 Å². The molecular weight excluding hydrogens is 314 g/mol. The normalized spacial score (nSPS) is 18.5. The first kappa shape index (κ1) is 14.9. The first-order valence-electron chi connectivity index (χ1n) is 6.91. The van der Waals surface area contributed by atoms with E-state index in [-0.39, 0.29) is 10.0 Å². The van der Waals surface area contributed by atoms with Crippen molar-refractivity contribution < 1.29 is 13.9 Å². The van der Waals surface area contributed by atoms with Gasteiger partial charge in [0.05, 0.1) is 16.1 Å². The third kappa shape index (κ3) is 3.76. The molecule has 0 aromatic heterocycles. The van der Waals surface area contributed by atoms with Gasteiger partial charge in [0.1, 0.15) is 11.6 Å². The fraction of sp³-hybridized carbons (Fsp3) is 0.600. The average Bonchev–Trinajstić information content (AvgIpc) is 2.42. The zero-order chi connectivity index (χ0) is 13.8. The van der Waals surface area contributed by atoms with Crippen LogP contribution in [0.2, 0.25) is 0 Å². The van der Waals surface area contributed by atoms with Crippen molar-refractivity contribution in [3.63, 3.8) is 0 Å². The molecule has 2 rings (SSSR count). The lowest BCUT2D eigenvalue weighted by Gasteiger charge is -2.23. The van der Waals surface area contributed by atoms with E-state index in [1.54, 1.807) is 0 Å². The fourth-order valence-electron chi connectivity index (χ4n) is 2.86. The van der Waals surface area contributed by atoms with Crippen molar-refractivity contribution >= 4 is 15.9 Å². The minimum atomic E-state index is -1.06. The Balaban J connectivity index is 1.99. The summed E-state index contributed by atoms with van der Waals surface area (Å²) in [6.07, 6.45) is 6.32. The maximum Gasteiger partial charge on any atom is 0.146 e. The quantitative estimate of drug-likeness (QED) is 0.758. The smallest absolute Gasteiger partial charge is 0.146 e. The molecule has 0 heterocycles. The number of aliphatic hydroxyl groups is 1. The largest absolute Gasteiger partial charge is 0.388 e. The van der Waals surface area contributed by atoms with Crippen molar-refractivity contribution in [1.82, 2.24) is 0 Å². The Bertz CT molecular complexity index is 430. The second-order valence-corrected chi connectivity index (χ2v) is 6.21. The molecule has 1 unspecified atom stereocenters. The Morgan fingerprint density at radius 1 is 1.21 bits per heavy atom. The standard InChI is InChI=1S/C15H19BrF2O/c16-11-7-8-12(17)14(15(11)18)13(19)9-6-10-4-2-1-3-5-10/h7-8,10,13,19H,1-6,9H2. The van der Waals surface area contributed by atoms with Gasteiger partial charge < -0.3 is 5.11 Å². The summed E-state index contributed by atoms with van der Waals surface area (Å²) in [7, 11) is 0. The van der Waals surface area contributed by atoms with Gasteiger partial charge in [0.15, 0.2) is 0 Å². The van der Waals surface area contributed by atoms with Gasteiger partial charge in [-0.3, -0.25) is 0 Å². The van der Waals surface area contributed by atoms with Crippen LogP contribution < -0.4 is 0 Å². The highest BCUT2D eigenvalue weighted by molar-refractivity contribution is 9.10. The van der Waals surface area contributed by atoms with Crippen LogP contribution in [0.1, 0.15) is 56.6 Å². The Kier molecular flexibility index (Phi) is 5.34. The summed E-state index contributed by atoms with van der Waals surface area (Å²) in [5.41, 5.74) is -0.204. The van der Waals surface area contributed by atoms with Crippen molar-refractivity contribution in [2.24, 2.45) is 5.92 Å². The second kappa shape index (κ2) is 6.80. The van der Waals surface area contributed by atoms with E-state index < -0.39 is 17.7 Å². The topological polar surface area (TPSA) is 20.2 Å². The van der Waals surface area contributed by atoms with Crippen molar-refractivity contribution in [2.45, 2.75) is 51.0 Å². The summed E-state index contributed by atoms with van der Waals surface area (Å²) in [6, 6.07) is 2.51. The minimum absolute atomic E-state index is 0.195. The van der Waals surface area contributed by atoms with Crippen molar-refractivity contribution in [3.05, 3.63) is 33.8 Å². The number of rotatable bonds is 4. The molecule has 1 atom stereocenters. The van der Waals surface area contributed by atoms with Crippen molar-refractivity contribution in [3.8, 4) is 0 Å². The molecule has 19 heavy (non-hydrogen) atoms. The van der Waals surface area contributed by atoms with Gasteiger partial charge in [-0.1, -0.05) is 32.1 Å². The van der Waals surface area contributed by atoms with E-state index in [2.05, 4.69) is 15.9 Å². The molecule has 106 valence electrons. The monoisotopic (exact) mass is 332 g/mol. The molecule has 0 spiro atoms. The molecule has 0 amide bonds. The van der Waals surface area contributed by atoms with Crippen LogP contribution in [0.4, 0.5) is 8.78 Å². The summed E-state index contributed by atoms with van der Waals surface area (Å²) in [4.78, 5) is 0. The number of halogens is 3. The number of hydrogen-bond donors (Lipinski definition) is 1. The number of benzene rings is 1. The molecule has 1 aliphatic rings. The molecule has 0 aliphatic heterocycles. The molecule has 1 N–H and O–H groups in total. The van der Waals surface area contributed by atoms with Gasteiger partial charge >= 0.3 is 0 Å². The highest BCUT2D eigenvalue weighted by Gasteiger charge is 2.22. The average molecular weight is 333 g/mol. The highest BCUT2D eigenvalue weighted by Crippen LogP contribution is 2.33. The van der Waals surface area contributed by atoms with Gasteiger partial charge in [-0.05, 0) is 46.8 Å². The summed E-state index contributed by atoms with van der Waals surface area (Å²) in [6.45, 7) is 0. The number of aliphatic hydroxyl groups excluding tert-OH is 1. The first-order valence-corrected chi connectivity index (χ1v) is 7.70. The first-order chi connectivity index (χ1) is 9.09. The van der Waals surface area contributed by atoms with Gasteiger partial charge in [-0.25, -0.2) is 8.78 Å². The van der Waals surface area contributed by atoms with Crippen LogP contribution in [-0.4, -0.2) is 5.11 Å². The van der Waals surface area contributed by atoms with E-state index in [0.717, 1.165) is 6.42 Å². The predicted molar refractivity (Wildman–Crippen MR) is 74.8 cm³/mol. The molecule has 0 radical (unpaired) electrons. The SMILES string of the molecule is OC(CCC1CCCCC1)c1c(F)ccc(Br)c1F. The fourth-order valence-corrected chi connectivity index (χ4v) is 3.21.